The van der Waals surface area contributed by atoms with Crippen LogP contribution in [-0.2, 0) is 6.42 Å². The second-order valence-electron chi connectivity index (χ2n) is 5.72. The summed E-state index contributed by atoms with van der Waals surface area (Å²) in [6.45, 7) is 9.63. The van der Waals surface area contributed by atoms with Gasteiger partial charge < -0.3 is 5.73 Å². The molecule has 0 aliphatic rings. The Kier molecular flexibility index (Phi) is 6.61. The van der Waals surface area contributed by atoms with Gasteiger partial charge in [0.05, 0.1) is 0 Å². The van der Waals surface area contributed by atoms with Gasteiger partial charge in [-0.05, 0) is 29.9 Å². The maximum atomic E-state index is 6.06. The van der Waals surface area contributed by atoms with Gasteiger partial charge in [0.25, 0.3) is 0 Å². The van der Waals surface area contributed by atoms with E-state index >= 15 is 0 Å². The third kappa shape index (κ3) is 5.46. The topological polar surface area (TPSA) is 38.4 Å². The Balaban J connectivity index is 2.66. The number of aliphatic imine (C=N–C) groups is 1. The summed E-state index contributed by atoms with van der Waals surface area (Å²) in [5.41, 5.74) is 8.71. The van der Waals surface area contributed by atoms with Crippen LogP contribution in [0.3, 0.4) is 0 Å². The van der Waals surface area contributed by atoms with E-state index in [4.69, 9.17) is 5.73 Å². The van der Waals surface area contributed by atoms with E-state index in [0.717, 1.165) is 31.6 Å². The number of unbranched alkanes of at least 4 members (excludes halogenated alkanes) is 1. The molecule has 0 spiro atoms. The molecule has 0 amide bonds. The number of hydrogen-bond acceptors (Lipinski definition) is 1. The molecule has 19 heavy (non-hydrogen) atoms. The molecule has 0 aliphatic carbocycles. The molecule has 1 atom stereocenters. The van der Waals surface area contributed by atoms with Gasteiger partial charge in [0.15, 0.2) is 0 Å². The number of rotatable bonds is 7. The molecule has 2 heteroatoms. The lowest BCUT2D eigenvalue weighted by Crippen LogP contribution is -2.20. The van der Waals surface area contributed by atoms with Crippen molar-refractivity contribution >= 4 is 5.84 Å². The quantitative estimate of drug-likeness (QED) is 0.446. The second-order valence-corrected chi connectivity index (χ2v) is 5.72. The molecule has 2 N–H and O–H groups in total. The van der Waals surface area contributed by atoms with Gasteiger partial charge in [-0.3, -0.25) is 4.99 Å². The third-order valence-corrected chi connectivity index (χ3v) is 3.37. The number of amidine groups is 1. The van der Waals surface area contributed by atoms with E-state index in [1.165, 1.54) is 11.1 Å². The van der Waals surface area contributed by atoms with Crippen molar-refractivity contribution in [2.75, 3.05) is 6.54 Å². The minimum Gasteiger partial charge on any atom is -0.387 e. The maximum absolute atomic E-state index is 6.06. The van der Waals surface area contributed by atoms with Crippen LogP contribution in [-0.4, -0.2) is 12.4 Å². The summed E-state index contributed by atoms with van der Waals surface area (Å²) in [5, 5.41) is 0. The predicted octanol–water partition coefficient (Wildman–Crippen LogP) is 4.15. The fourth-order valence-corrected chi connectivity index (χ4v) is 2.09. The Bertz CT molecular complexity index is 390. The molecule has 0 aromatic heterocycles. The molecule has 0 aliphatic heterocycles. The first-order chi connectivity index (χ1) is 9.04. The van der Waals surface area contributed by atoms with Crippen LogP contribution in [0.5, 0.6) is 0 Å². The van der Waals surface area contributed by atoms with E-state index < -0.39 is 0 Å². The van der Waals surface area contributed by atoms with Gasteiger partial charge in [-0.2, -0.15) is 0 Å². The molecule has 0 radical (unpaired) electrons. The Morgan fingerprint density at radius 2 is 1.79 bits per heavy atom. The van der Waals surface area contributed by atoms with Crippen LogP contribution >= 0.6 is 0 Å². The van der Waals surface area contributed by atoms with E-state index in [9.17, 15) is 0 Å². The first-order valence-electron chi connectivity index (χ1n) is 7.43. The number of hydrogen-bond donors (Lipinski definition) is 1. The summed E-state index contributed by atoms with van der Waals surface area (Å²) in [6, 6.07) is 8.80. The smallest absolute Gasteiger partial charge is 0.101 e. The molecule has 1 rings (SSSR count). The zero-order valence-electron chi connectivity index (χ0n) is 12.8. The normalized spacial score (nSPS) is 13.8. The minimum atomic E-state index is 0.213. The number of nitrogens with zero attached hydrogens (tertiary/aromatic N) is 1. The molecule has 1 aromatic carbocycles. The van der Waals surface area contributed by atoms with Crippen LogP contribution in [0.4, 0.5) is 0 Å². The fraction of sp³-hybridized carbons (Fsp3) is 0.588. The van der Waals surface area contributed by atoms with Crippen molar-refractivity contribution in [1.29, 1.82) is 0 Å². The van der Waals surface area contributed by atoms with Gasteiger partial charge in [0.2, 0.25) is 0 Å². The summed E-state index contributed by atoms with van der Waals surface area (Å²) in [4.78, 5) is 4.46. The molecule has 0 unspecified atom stereocenters. The number of benzene rings is 1. The van der Waals surface area contributed by atoms with Gasteiger partial charge in [0, 0.05) is 12.5 Å². The zero-order chi connectivity index (χ0) is 14.3. The highest BCUT2D eigenvalue weighted by Crippen LogP contribution is 2.17. The SMILES string of the molecule is CCCCN=C(N)[C@H](C)c1ccc(CC(C)C)cc1. The van der Waals surface area contributed by atoms with Crippen molar-refractivity contribution in [2.45, 2.75) is 52.9 Å². The van der Waals surface area contributed by atoms with E-state index in [1.54, 1.807) is 0 Å². The standard InChI is InChI=1S/C17H28N2/c1-5-6-11-19-17(18)14(4)16-9-7-15(8-10-16)12-13(2)3/h7-10,13-14H,5-6,11-12H2,1-4H3,(H2,18,19)/t14-/m1/s1. The largest absolute Gasteiger partial charge is 0.387 e. The van der Waals surface area contributed by atoms with E-state index in [1.807, 2.05) is 0 Å². The van der Waals surface area contributed by atoms with Crippen molar-refractivity contribution < 1.29 is 0 Å². The van der Waals surface area contributed by atoms with E-state index in [2.05, 4.69) is 57.0 Å². The Labute approximate surface area is 118 Å². The lowest BCUT2D eigenvalue weighted by atomic mass is 9.96. The summed E-state index contributed by atoms with van der Waals surface area (Å²) in [5.74, 6) is 1.67. The van der Waals surface area contributed by atoms with Gasteiger partial charge in [-0.15, -0.1) is 0 Å². The van der Waals surface area contributed by atoms with Crippen molar-refractivity contribution in [3.63, 3.8) is 0 Å². The van der Waals surface area contributed by atoms with E-state index in [-0.39, 0.29) is 5.92 Å². The minimum absolute atomic E-state index is 0.213. The molecule has 0 fully saturated rings. The average Bonchev–Trinajstić information content (AvgIpc) is 2.38. The average molecular weight is 260 g/mol. The highest BCUT2D eigenvalue weighted by Gasteiger charge is 2.09. The Hall–Kier alpha value is -1.31. The molecule has 106 valence electrons. The van der Waals surface area contributed by atoms with Crippen LogP contribution in [0.2, 0.25) is 0 Å². The van der Waals surface area contributed by atoms with Crippen molar-refractivity contribution in [3.8, 4) is 0 Å². The Morgan fingerprint density at radius 3 is 2.32 bits per heavy atom. The van der Waals surface area contributed by atoms with Crippen LogP contribution in [0.25, 0.3) is 0 Å². The van der Waals surface area contributed by atoms with Crippen molar-refractivity contribution in [3.05, 3.63) is 35.4 Å². The monoisotopic (exact) mass is 260 g/mol. The van der Waals surface area contributed by atoms with Crippen LogP contribution in [0.15, 0.2) is 29.3 Å². The summed E-state index contributed by atoms with van der Waals surface area (Å²) < 4.78 is 0. The summed E-state index contributed by atoms with van der Waals surface area (Å²) in [6.07, 6.45) is 3.41. The number of nitrogens with two attached hydrogens (primary N) is 1. The molecule has 0 bridgehead atoms. The van der Waals surface area contributed by atoms with Crippen molar-refractivity contribution in [2.24, 2.45) is 16.6 Å². The molecule has 2 nitrogen and oxygen atoms in total. The van der Waals surface area contributed by atoms with Gasteiger partial charge in [-0.1, -0.05) is 58.4 Å². The van der Waals surface area contributed by atoms with Crippen molar-refractivity contribution in [1.82, 2.24) is 0 Å². The Morgan fingerprint density at radius 1 is 1.16 bits per heavy atom. The van der Waals surface area contributed by atoms with Crippen LogP contribution < -0.4 is 5.73 Å². The molecular formula is C17H28N2. The third-order valence-electron chi connectivity index (χ3n) is 3.37. The molecule has 1 aromatic rings. The molecule has 0 heterocycles. The highest BCUT2D eigenvalue weighted by molar-refractivity contribution is 5.87. The first kappa shape index (κ1) is 15.7. The second kappa shape index (κ2) is 7.98. The molecule has 0 saturated carbocycles. The van der Waals surface area contributed by atoms with E-state index in [0.29, 0.717) is 5.92 Å². The van der Waals surface area contributed by atoms with Gasteiger partial charge in [-0.25, -0.2) is 0 Å². The van der Waals surface area contributed by atoms with Gasteiger partial charge in [0.1, 0.15) is 5.84 Å². The van der Waals surface area contributed by atoms with Crippen LogP contribution in [0.1, 0.15) is 57.6 Å². The maximum Gasteiger partial charge on any atom is 0.101 e. The zero-order valence-corrected chi connectivity index (χ0v) is 12.8. The summed E-state index contributed by atoms with van der Waals surface area (Å²) >= 11 is 0. The fourth-order valence-electron chi connectivity index (χ4n) is 2.09. The van der Waals surface area contributed by atoms with Gasteiger partial charge >= 0.3 is 0 Å². The molecular weight excluding hydrogens is 232 g/mol. The highest BCUT2D eigenvalue weighted by atomic mass is 14.9. The predicted molar refractivity (Wildman–Crippen MR) is 84.8 cm³/mol. The lowest BCUT2D eigenvalue weighted by molar-refractivity contribution is 0.647. The first-order valence-corrected chi connectivity index (χ1v) is 7.43. The summed E-state index contributed by atoms with van der Waals surface area (Å²) in [7, 11) is 0. The van der Waals surface area contributed by atoms with Crippen LogP contribution in [0, 0.1) is 5.92 Å². The molecule has 0 saturated heterocycles. The lowest BCUT2D eigenvalue weighted by Gasteiger charge is -2.13.